The van der Waals surface area contributed by atoms with Crippen LogP contribution in [-0.4, -0.2) is 64.0 Å². The van der Waals surface area contributed by atoms with Gasteiger partial charge in [-0.05, 0) is 48.4 Å². The first-order chi connectivity index (χ1) is 20.8. The number of pyridine rings is 1. The lowest BCUT2D eigenvalue weighted by Gasteiger charge is -2.29. The Bertz CT molecular complexity index is 1830. The number of nitrogens with zero attached hydrogens (tertiary/aromatic N) is 5. The summed E-state index contributed by atoms with van der Waals surface area (Å²) in [4.78, 5) is 22.7. The summed E-state index contributed by atoms with van der Waals surface area (Å²) in [5.74, 6) is -2.29. The number of hydrogen-bond donors (Lipinski definition) is 1. The average molecular weight is 587 g/mol. The molecule has 2 bridgehead atoms. The second-order valence-electron chi connectivity index (χ2n) is 10.5. The fraction of sp³-hybridized carbons (Fsp3) is 0.226. The Morgan fingerprint density at radius 1 is 1.00 bits per heavy atom. The molecule has 2 aliphatic rings. The second kappa shape index (κ2) is 10.4. The van der Waals surface area contributed by atoms with Crippen LogP contribution in [-0.2, 0) is 4.79 Å². The van der Waals surface area contributed by atoms with Gasteiger partial charge in [0.15, 0.2) is 5.65 Å². The van der Waals surface area contributed by atoms with Crippen LogP contribution >= 0.6 is 0 Å². The molecule has 0 spiro atoms. The maximum atomic E-state index is 13.2. The quantitative estimate of drug-likeness (QED) is 0.273. The van der Waals surface area contributed by atoms with Crippen molar-refractivity contribution < 1.29 is 27.4 Å². The molecule has 0 saturated carbocycles. The van der Waals surface area contributed by atoms with E-state index in [4.69, 9.17) is 14.6 Å². The summed E-state index contributed by atoms with van der Waals surface area (Å²) in [5.41, 5.74) is 4.73. The number of esters is 1. The molecule has 2 atom stereocenters. The normalized spacial score (nSPS) is 17.9. The summed E-state index contributed by atoms with van der Waals surface area (Å²) in [6, 6.07) is 20.7. The molecule has 5 heterocycles. The number of piperazine rings is 1. The fourth-order valence-electron chi connectivity index (χ4n) is 5.86. The van der Waals surface area contributed by atoms with Crippen molar-refractivity contribution in [2.24, 2.45) is 0 Å². The molecule has 3 aromatic heterocycles. The number of alkyl halides is 3. The smallest absolute Gasteiger partial charge is 0.491 e. The number of nitrogens with one attached hydrogen (secondary N) is 1. The number of anilines is 1. The molecule has 2 aromatic carbocycles. The minimum absolute atomic E-state index is 0.203. The number of carbonyl (C=O) groups excluding carboxylic acids is 1. The summed E-state index contributed by atoms with van der Waals surface area (Å²) in [6.45, 7) is 1.85. The van der Waals surface area contributed by atoms with Crippen LogP contribution in [0.5, 0.6) is 11.6 Å². The van der Waals surface area contributed by atoms with Crippen molar-refractivity contribution in [1.29, 1.82) is 0 Å². The molecule has 7 rings (SSSR count). The molecule has 43 heavy (non-hydrogen) atoms. The van der Waals surface area contributed by atoms with Gasteiger partial charge in [-0.25, -0.2) is 9.31 Å². The molecule has 2 fully saturated rings. The van der Waals surface area contributed by atoms with Crippen LogP contribution in [0, 0.1) is 0 Å². The van der Waals surface area contributed by atoms with Crippen LogP contribution in [0.25, 0.3) is 39.3 Å². The lowest BCUT2D eigenvalue weighted by atomic mass is 10.0. The number of fused-ring (bicyclic) bond motifs is 3. The summed E-state index contributed by atoms with van der Waals surface area (Å²) < 4.78 is 51.5. The van der Waals surface area contributed by atoms with E-state index in [1.54, 1.807) is 47.2 Å². The van der Waals surface area contributed by atoms with Crippen molar-refractivity contribution >= 4 is 17.3 Å². The van der Waals surface area contributed by atoms with Crippen LogP contribution in [0.15, 0.2) is 79.1 Å². The Kier molecular flexibility index (Phi) is 6.50. The van der Waals surface area contributed by atoms with E-state index in [-0.39, 0.29) is 5.65 Å². The van der Waals surface area contributed by atoms with E-state index in [9.17, 15) is 18.0 Å². The monoisotopic (exact) mass is 586 g/mol. The first kappa shape index (κ1) is 26.9. The molecule has 2 saturated heterocycles. The van der Waals surface area contributed by atoms with Crippen molar-refractivity contribution in [1.82, 2.24) is 24.9 Å². The number of halogens is 3. The summed E-state index contributed by atoms with van der Waals surface area (Å²) in [5, 5.41) is 8.39. The van der Waals surface area contributed by atoms with E-state index >= 15 is 0 Å². The molecule has 0 unspecified atom stereocenters. The molecule has 0 amide bonds. The highest BCUT2D eigenvalue weighted by molar-refractivity contribution is 5.92. The number of carbonyl (C=O) groups is 1. The van der Waals surface area contributed by atoms with Gasteiger partial charge in [-0.3, -0.25) is 4.98 Å². The van der Waals surface area contributed by atoms with E-state index in [2.05, 4.69) is 20.2 Å². The van der Waals surface area contributed by atoms with Gasteiger partial charge in [-0.1, -0.05) is 24.3 Å². The Morgan fingerprint density at radius 3 is 2.47 bits per heavy atom. The average Bonchev–Trinajstić information content (AvgIpc) is 3.76. The molecular weight excluding hydrogens is 561 g/mol. The van der Waals surface area contributed by atoms with Crippen molar-refractivity contribution in [2.45, 2.75) is 24.7 Å². The predicted octanol–water partition coefficient (Wildman–Crippen LogP) is 5.15. The largest absolute Gasteiger partial charge is 0.497 e. The van der Waals surface area contributed by atoms with E-state index in [0.29, 0.717) is 51.5 Å². The Balaban J connectivity index is 1.43. The Hall–Kier alpha value is -4.97. The third-order valence-electron chi connectivity index (χ3n) is 7.86. The fourth-order valence-corrected chi connectivity index (χ4v) is 5.86. The van der Waals surface area contributed by atoms with Crippen LogP contribution in [0.3, 0.4) is 0 Å². The minimum Gasteiger partial charge on any atom is -0.497 e. The highest BCUT2D eigenvalue weighted by Crippen LogP contribution is 2.39. The number of ether oxygens (including phenoxy) is 2. The Morgan fingerprint density at radius 2 is 1.79 bits per heavy atom. The number of hydrogen-bond acceptors (Lipinski definition) is 8. The number of rotatable bonds is 6. The molecule has 0 radical (unpaired) electrons. The molecule has 218 valence electrons. The van der Waals surface area contributed by atoms with Crippen molar-refractivity contribution in [3.8, 4) is 45.3 Å². The summed E-state index contributed by atoms with van der Waals surface area (Å²) in [6.07, 6.45) is -0.853. The van der Waals surface area contributed by atoms with Gasteiger partial charge in [-0.15, -0.1) is 0 Å². The third-order valence-corrected chi connectivity index (χ3v) is 7.86. The van der Waals surface area contributed by atoms with Gasteiger partial charge < -0.3 is 19.7 Å². The maximum absolute atomic E-state index is 13.2. The number of benzene rings is 2. The van der Waals surface area contributed by atoms with E-state index in [1.165, 1.54) is 13.2 Å². The van der Waals surface area contributed by atoms with Gasteiger partial charge in [0, 0.05) is 60.4 Å². The first-order valence-corrected chi connectivity index (χ1v) is 13.7. The van der Waals surface area contributed by atoms with Crippen LogP contribution in [0.2, 0.25) is 0 Å². The zero-order chi connectivity index (χ0) is 29.7. The zero-order valence-corrected chi connectivity index (χ0v) is 22.9. The molecule has 1 N–H and O–H groups in total. The van der Waals surface area contributed by atoms with Gasteiger partial charge >= 0.3 is 12.1 Å². The number of aromatic nitrogens is 4. The van der Waals surface area contributed by atoms with Gasteiger partial charge in [0.05, 0.1) is 18.4 Å². The number of methoxy groups -OCH3 is 1. The van der Waals surface area contributed by atoms with Crippen LogP contribution in [0.1, 0.15) is 6.42 Å². The van der Waals surface area contributed by atoms with Crippen molar-refractivity contribution in [2.75, 3.05) is 25.1 Å². The molecule has 0 aliphatic carbocycles. The van der Waals surface area contributed by atoms with E-state index in [1.807, 2.05) is 30.3 Å². The second-order valence-corrected chi connectivity index (χ2v) is 10.5. The molecule has 9 nitrogen and oxygen atoms in total. The molecule has 5 aromatic rings. The third kappa shape index (κ3) is 4.93. The van der Waals surface area contributed by atoms with E-state index in [0.717, 1.165) is 25.2 Å². The summed E-state index contributed by atoms with van der Waals surface area (Å²) in [7, 11) is 1.54. The van der Waals surface area contributed by atoms with Gasteiger partial charge in [-0.2, -0.15) is 23.3 Å². The zero-order valence-electron chi connectivity index (χ0n) is 22.9. The van der Waals surface area contributed by atoms with Crippen molar-refractivity contribution in [3.05, 3.63) is 79.1 Å². The maximum Gasteiger partial charge on any atom is 0.491 e. The van der Waals surface area contributed by atoms with Crippen LogP contribution < -0.4 is 19.7 Å². The highest BCUT2D eigenvalue weighted by Gasteiger charge is 2.42. The lowest BCUT2D eigenvalue weighted by Crippen LogP contribution is -2.43. The molecule has 2 aliphatic heterocycles. The molecular formula is C31H25F3N6O3. The van der Waals surface area contributed by atoms with Gasteiger partial charge in [0.2, 0.25) is 5.88 Å². The van der Waals surface area contributed by atoms with Gasteiger partial charge in [0.25, 0.3) is 0 Å². The topological polar surface area (TPSA) is 93.9 Å². The first-order valence-electron chi connectivity index (χ1n) is 13.7. The van der Waals surface area contributed by atoms with Crippen molar-refractivity contribution in [3.63, 3.8) is 0 Å². The summed E-state index contributed by atoms with van der Waals surface area (Å²) >= 11 is 0. The predicted molar refractivity (Wildman–Crippen MR) is 153 cm³/mol. The standard InChI is InChI=1S/C31H25F3N6O3/c1-42-24-4-2-3-20(13-24)27-28(19-9-11-35-12-10-19)38-40-25(15-26(37-29(27)40)43-30(41)31(32,33)34)18-5-7-22(8-6-18)39-17-21-14-23(39)16-36-21/h2-13,15,21,23,36H,14,16-17H2,1H3/t21-,23-/m0/s1. The highest BCUT2D eigenvalue weighted by atomic mass is 19.4. The lowest BCUT2D eigenvalue weighted by molar-refractivity contribution is -0.189. The van der Waals surface area contributed by atoms with Gasteiger partial charge in [0.1, 0.15) is 11.4 Å². The minimum atomic E-state index is -5.20. The van der Waals surface area contributed by atoms with Crippen LogP contribution in [0.4, 0.5) is 18.9 Å². The van der Waals surface area contributed by atoms with E-state index < -0.39 is 18.0 Å². The Labute approximate surface area is 243 Å². The molecule has 12 heteroatoms. The SMILES string of the molecule is COc1cccc(-c2c(-c3ccncc3)nn3c(-c4ccc(N5C[C@@H]6C[C@H]5CN6)cc4)cc(OC(=O)C(F)(F)F)nc23)c1.